The highest BCUT2D eigenvalue weighted by Crippen LogP contribution is 2.32. The lowest BCUT2D eigenvalue weighted by Crippen LogP contribution is -2.36. The summed E-state index contributed by atoms with van der Waals surface area (Å²) < 4.78 is 15.3. The minimum Gasteiger partial charge on any atom is -0.508 e. The van der Waals surface area contributed by atoms with Gasteiger partial charge in [-0.3, -0.25) is 14.4 Å². The molecule has 168 valence electrons. The molecule has 5 N–H and O–H groups in total. The molecule has 0 spiro atoms. The van der Waals surface area contributed by atoms with Crippen molar-refractivity contribution in [1.82, 2.24) is 0 Å². The molecule has 2 atom stereocenters. The molecule has 0 radical (unpaired) electrons. The van der Waals surface area contributed by atoms with Gasteiger partial charge in [0.2, 0.25) is 6.29 Å². The Morgan fingerprint density at radius 2 is 1.72 bits per heavy atom. The van der Waals surface area contributed by atoms with Crippen molar-refractivity contribution in [2.24, 2.45) is 0 Å². The fourth-order valence-electron chi connectivity index (χ4n) is 2.73. The minimum absolute atomic E-state index is 0.0198. The highest BCUT2D eigenvalue weighted by molar-refractivity contribution is 5.90. The molecule has 1 aromatic heterocycles. The van der Waals surface area contributed by atoms with Crippen LogP contribution in [0.3, 0.4) is 0 Å². The van der Waals surface area contributed by atoms with Crippen LogP contribution in [-0.2, 0) is 14.3 Å². The van der Waals surface area contributed by atoms with Gasteiger partial charge in [-0.05, 0) is 24.3 Å². The molecule has 0 aliphatic rings. The predicted molar refractivity (Wildman–Crippen MR) is 107 cm³/mol. The SMILES string of the molecule is O=C(O)CC(=O)OCC(O)C(O)Oc1cc(O)c2c(=O)cc(-c3ccc(O)cc3)oc2c1. The van der Waals surface area contributed by atoms with E-state index in [2.05, 4.69) is 4.74 Å². The Morgan fingerprint density at radius 3 is 2.38 bits per heavy atom. The standard InChI is InChI=1S/C21H18O11/c22-11-3-1-10(2-4-11)16-7-14(24)20-13(23)5-12(6-17(20)32-16)31-21(29)15(25)9-30-19(28)8-18(26)27/h1-7,15,21-23,25,29H,8-9H2,(H,26,27). The van der Waals surface area contributed by atoms with E-state index in [1.165, 1.54) is 36.4 Å². The van der Waals surface area contributed by atoms with Crippen molar-refractivity contribution in [3.05, 3.63) is 52.7 Å². The summed E-state index contributed by atoms with van der Waals surface area (Å²) in [5, 5.41) is 47.8. The molecule has 0 saturated carbocycles. The van der Waals surface area contributed by atoms with Crippen molar-refractivity contribution in [2.75, 3.05) is 6.61 Å². The number of aliphatic carboxylic acids is 1. The number of carboxylic acids is 1. The van der Waals surface area contributed by atoms with Crippen LogP contribution in [0.25, 0.3) is 22.3 Å². The van der Waals surface area contributed by atoms with E-state index >= 15 is 0 Å². The Kier molecular flexibility index (Phi) is 6.61. The third-order valence-corrected chi connectivity index (χ3v) is 4.23. The van der Waals surface area contributed by atoms with E-state index in [1.807, 2.05) is 0 Å². The summed E-state index contributed by atoms with van der Waals surface area (Å²) in [6.45, 7) is -0.743. The smallest absolute Gasteiger partial charge is 0.317 e. The molecular formula is C21H18O11. The van der Waals surface area contributed by atoms with Crippen molar-refractivity contribution < 1.29 is 49.0 Å². The average molecular weight is 446 g/mol. The van der Waals surface area contributed by atoms with Gasteiger partial charge in [0.1, 0.15) is 53.1 Å². The van der Waals surface area contributed by atoms with Crippen LogP contribution < -0.4 is 10.2 Å². The lowest BCUT2D eigenvalue weighted by molar-refractivity contribution is -0.161. The number of carbonyl (C=O) groups is 2. The van der Waals surface area contributed by atoms with Gasteiger partial charge in [0.05, 0.1) is 0 Å². The molecule has 11 heteroatoms. The molecule has 1 heterocycles. The second kappa shape index (κ2) is 9.37. The van der Waals surface area contributed by atoms with Crippen molar-refractivity contribution in [3.63, 3.8) is 0 Å². The number of aliphatic hydroxyl groups is 2. The molecule has 32 heavy (non-hydrogen) atoms. The van der Waals surface area contributed by atoms with E-state index in [0.29, 0.717) is 5.56 Å². The fourth-order valence-corrected chi connectivity index (χ4v) is 2.73. The van der Waals surface area contributed by atoms with Crippen LogP contribution in [0.15, 0.2) is 51.7 Å². The number of benzene rings is 2. The molecule has 0 aliphatic heterocycles. The number of hydrogen-bond acceptors (Lipinski definition) is 10. The van der Waals surface area contributed by atoms with Gasteiger partial charge in [0.15, 0.2) is 5.43 Å². The Morgan fingerprint density at radius 1 is 1.03 bits per heavy atom. The maximum Gasteiger partial charge on any atom is 0.317 e. The summed E-state index contributed by atoms with van der Waals surface area (Å²) in [7, 11) is 0. The molecule has 2 aromatic carbocycles. The molecular weight excluding hydrogens is 428 g/mol. The number of fused-ring (bicyclic) bond motifs is 1. The fraction of sp³-hybridized carbons (Fsp3) is 0.190. The molecule has 0 bridgehead atoms. The van der Waals surface area contributed by atoms with E-state index in [0.717, 1.165) is 6.07 Å². The number of carbonyl (C=O) groups excluding carboxylic acids is 1. The molecule has 0 aliphatic carbocycles. The Hall–Kier alpha value is -4.09. The van der Waals surface area contributed by atoms with Gasteiger partial charge < -0.3 is 39.4 Å². The summed E-state index contributed by atoms with van der Waals surface area (Å²) in [6, 6.07) is 9.23. The van der Waals surface area contributed by atoms with Crippen molar-refractivity contribution in [2.45, 2.75) is 18.8 Å². The summed E-state index contributed by atoms with van der Waals surface area (Å²) >= 11 is 0. The van der Waals surface area contributed by atoms with Gasteiger partial charge in [0.25, 0.3) is 0 Å². The Bertz CT molecular complexity index is 1200. The molecule has 3 aromatic rings. The van der Waals surface area contributed by atoms with Crippen LogP contribution in [0, 0.1) is 0 Å². The van der Waals surface area contributed by atoms with E-state index in [-0.39, 0.29) is 28.2 Å². The third-order valence-electron chi connectivity index (χ3n) is 4.23. The molecule has 0 saturated heterocycles. The van der Waals surface area contributed by atoms with Gasteiger partial charge in [0, 0.05) is 23.8 Å². The average Bonchev–Trinajstić information content (AvgIpc) is 2.71. The van der Waals surface area contributed by atoms with Gasteiger partial charge in [-0.25, -0.2) is 0 Å². The van der Waals surface area contributed by atoms with Gasteiger partial charge in [-0.1, -0.05) is 0 Å². The minimum atomic E-state index is -1.92. The van der Waals surface area contributed by atoms with E-state index in [4.69, 9.17) is 14.3 Å². The zero-order valence-electron chi connectivity index (χ0n) is 16.3. The van der Waals surface area contributed by atoms with Gasteiger partial charge in [-0.2, -0.15) is 0 Å². The number of hydrogen-bond donors (Lipinski definition) is 5. The number of phenolic OH excluding ortho intramolecular Hbond substituents is 2. The van der Waals surface area contributed by atoms with Crippen LogP contribution in [0.2, 0.25) is 0 Å². The van der Waals surface area contributed by atoms with Crippen LogP contribution in [0.4, 0.5) is 0 Å². The van der Waals surface area contributed by atoms with Crippen LogP contribution in [-0.4, -0.2) is 56.5 Å². The first-order chi connectivity index (χ1) is 15.1. The first-order valence-corrected chi connectivity index (χ1v) is 9.14. The van der Waals surface area contributed by atoms with Crippen molar-refractivity contribution in [3.8, 4) is 28.6 Å². The van der Waals surface area contributed by atoms with E-state index in [9.17, 15) is 34.8 Å². The van der Waals surface area contributed by atoms with Gasteiger partial charge in [-0.15, -0.1) is 0 Å². The summed E-state index contributed by atoms with van der Waals surface area (Å²) in [4.78, 5) is 34.1. The highest BCUT2D eigenvalue weighted by Gasteiger charge is 2.22. The number of esters is 1. The second-order valence-electron chi connectivity index (χ2n) is 6.67. The first kappa shape index (κ1) is 22.6. The summed E-state index contributed by atoms with van der Waals surface area (Å²) in [5.41, 5.74) is -0.152. The third kappa shape index (κ3) is 5.33. The Balaban J connectivity index is 1.81. The Labute approximate surface area is 179 Å². The molecule has 11 nitrogen and oxygen atoms in total. The number of aliphatic hydroxyl groups excluding tert-OH is 2. The number of aromatic hydroxyl groups is 2. The number of ether oxygens (including phenoxy) is 2. The quantitative estimate of drug-likeness (QED) is 0.188. The summed E-state index contributed by atoms with van der Waals surface area (Å²) in [5.74, 6) is -3.05. The maximum atomic E-state index is 12.4. The van der Waals surface area contributed by atoms with Crippen molar-refractivity contribution >= 4 is 22.9 Å². The number of carboxylic acid groups (broad SMARTS) is 1. The second-order valence-corrected chi connectivity index (χ2v) is 6.67. The number of phenols is 2. The van der Waals surface area contributed by atoms with Gasteiger partial charge >= 0.3 is 11.9 Å². The maximum absolute atomic E-state index is 12.4. The lowest BCUT2D eigenvalue weighted by atomic mass is 10.1. The molecule has 0 fully saturated rings. The lowest BCUT2D eigenvalue weighted by Gasteiger charge is -2.19. The van der Waals surface area contributed by atoms with Crippen LogP contribution >= 0.6 is 0 Å². The van der Waals surface area contributed by atoms with E-state index in [1.54, 1.807) is 0 Å². The first-order valence-electron chi connectivity index (χ1n) is 9.14. The molecule has 3 rings (SSSR count). The highest BCUT2D eigenvalue weighted by atomic mass is 16.6. The molecule has 2 unspecified atom stereocenters. The normalized spacial score (nSPS) is 12.8. The van der Waals surface area contributed by atoms with E-state index < -0.39 is 48.5 Å². The topological polar surface area (TPSA) is 184 Å². The van der Waals surface area contributed by atoms with Crippen LogP contribution in [0.1, 0.15) is 6.42 Å². The number of rotatable bonds is 8. The largest absolute Gasteiger partial charge is 0.508 e. The zero-order valence-corrected chi connectivity index (χ0v) is 16.3. The summed E-state index contributed by atoms with van der Waals surface area (Å²) in [6.07, 6.45) is -4.57. The van der Waals surface area contributed by atoms with Crippen molar-refractivity contribution in [1.29, 1.82) is 0 Å². The monoisotopic (exact) mass is 446 g/mol. The van der Waals surface area contributed by atoms with Crippen LogP contribution in [0.5, 0.6) is 17.2 Å². The molecule has 0 amide bonds. The zero-order chi connectivity index (χ0) is 23.4. The predicted octanol–water partition coefficient (Wildman–Crippen LogP) is 0.947.